The average Bonchev–Trinajstić information content (AvgIpc) is 2.28. The number of amides is 1. The molecular formula is C12H11ClN2O3. The van der Waals surface area contributed by atoms with Gasteiger partial charge in [-0.05, 0) is 18.2 Å². The second-order valence-electron chi connectivity index (χ2n) is 3.36. The van der Waals surface area contributed by atoms with Crippen LogP contribution < -0.4 is 10.6 Å². The number of rotatable bonds is 5. The Kier molecular flexibility index (Phi) is 5.18. The van der Waals surface area contributed by atoms with Crippen LogP contribution in [0.5, 0.6) is 0 Å². The first-order chi connectivity index (χ1) is 8.54. The number of carboxylic acid groups (broad SMARTS) is 1. The minimum Gasteiger partial charge on any atom is -0.478 e. The summed E-state index contributed by atoms with van der Waals surface area (Å²) in [6, 6.07) is 4.17. The van der Waals surface area contributed by atoms with Gasteiger partial charge in [-0.2, -0.15) is 0 Å². The van der Waals surface area contributed by atoms with Crippen LogP contribution >= 0.6 is 11.6 Å². The summed E-state index contributed by atoms with van der Waals surface area (Å²) in [4.78, 5) is 22.1. The van der Waals surface area contributed by atoms with Gasteiger partial charge in [0, 0.05) is 5.69 Å². The fourth-order valence-corrected chi connectivity index (χ4v) is 1.48. The van der Waals surface area contributed by atoms with Crippen molar-refractivity contribution in [3.8, 4) is 12.3 Å². The van der Waals surface area contributed by atoms with E-state index in [2.05, 4.69) is 16.6 Å². The minimum atomic E-state index is -1.12. The lowest BCUT2D eigenvalue weighted by Gasteiger charge is -2.07. The van der Waals surface area contributed by atoms with Crippen LogP contribution in [0.4, 0.5) is 5.69 Å². The molecule has 0 fully saturated rings. The number of nitrogens with one attached hydrogen (secondary N) is 2. The van der Waals surface area contributed by atoms with Crippen molar-refractivity contribution in [2.45, 2.75) is 0 Å². The van der Waals surface area contributed by atoms with E-state index in [9.17, 15) is 9.59 Å². The summed E-state index contributed by atoms with van der Waals surface area (Å²) in [5.74, 6) is 0.934. The highest BCUT2D eigenvalue weighted by Gasteiger charge is 2.09. The molecule has 0 aliphatic carbocycles. The van der Waals surface area contributed by atoms with Crippen molar-refractivity contribution < 1.29 is 14.7 Å². The predicted octanol–water partition coefficient (Wildman–Crippen LogP) is 1.20. The molecule has 18 heavy (non-hydrogen) atoms. The molecule has 0 bridgehead atoms. The van der Waals surface area contributed by atoms with E-state index in [4.69, 9.17) is 23.1 Å². The van der Waals surface area contributed by atoms with E-state index in [0.29, 0.717) is 12.2 Å². The number of hydrogen-bond donors (Lipinski definition) is 3. The van der Waals surface area contributed by atoms with Crippen LogP contribution in [0.3, 0.4) is 0 Å². The number of hydrogen-bond acceptors (Lipinski definition) is 3. The molecule has 0 radical (unpaired) electrons. The molecule has 1 amide bonds. The fourth-order valence-electron chi connectivity index (χ4n) is 1.22. The van der Waals surface area contributed by atoms with Gasteiger partial charge in [-0.15, -0.1) is 6.42 Å². The van der Waals surface area contributed by atoms with E-state index in [-0.39, 0.29) is 23.0 Å². The molecule has 1 rings (SSSR count). The summed E-state index contributed by atoms with van der Waals surface area (Å²) in [7, 11) is 0. The largest absolute Gasteiger partial charge is 0.478 e. The lowest BCUT2D eigenvalue weighted by atomic mass is 10.2. The zero-order valence-corrected chi connectivity index (χ0v) is 10.1. The third-order valence-corrected chi connectivity index (χ3v) is 2.31. The number of aromatic carboxylic acids is 1. The number of carboxylic acids is 1. The molecule has 6 heteroatoms. The normalized spacial score (nSPS) is 9.56. The van der Waals surface area contributed by atoms with Crippen molar-refractivity contribution in [2.75, 3.05) is 18.4 Å². The van der Waals surface area contributed by atoms with Crippen LogP contribution in [-0.2, 0) is 4.79 Å². The number of anilines is 1. The van der Waals surface area contributed by atoms with Crippen LogP contribution in [0.2, 0.25) is 5.02 Å². The number of terminal acetylenes is 1. The average molecular weight is 267 g/mol. The Labute approximate surface area is 109 Å². The predicted molar refractivity (Wildman–Crippen MR) is 68.7 cm³/mol. The van der Waals surface area contributed by atoms with Crippen LogP contribution in [0.1, 0.15) is 10.4 Å². The molecule has 94 valence electrons. The summed E-state index contributed by atoms with van der Waals surface area (Å²) in [5, 5.41) is 14.1. The van der Waals surface area contributed by atoms with Gasteiger partial charge in [-0.1, -0.05) is 17.5 Å². The highest BCUT2D eigenvalue weighted by Crippen LogP contribution is 2.20. The summed E-state index contributed by atoms with van der Waals surface area (Å²) < 4.78 is 0. The zero-order valence-electron chi connectivity index (χ0n) is 9.37. The van der Waals surface area contributed by atoms with Crippen molar-refractivity contribution in [3.63, 3.8) is 0 Å². The molecule has 1 aromatic carbocycles. The summed E-state index contributed by atoms with van der Waals surface area (Å²) in [6.45, 7) is 0.370. The number of carbonyl (C=O) groups excluding carboxylic acids is 1. The van der Waals surface area contributed by atoms with Crippen molar-refractivity contribution >= 4 is 29.2 Å². The Morgan fingerprint density at radius 1 is 1.44 bits per heavy atom. The lowest BCUT2D eigenvalue weighted by Crippen LogP contribution is -2.28. The maximum atomic E-state index is 11.4. The summed E-state index contributed by atoms with van der Waals surface area (Å²) in [6.07, 6.45) is 5.01. The molecule has 0 aliphatic heterocycles. The van der Waals surface area contributed by atoms with Crippen molar-refractivity contribution in [1.29, 1.82) is 0 Å². The molecule has 5 nitrogen and oxygen atoms in total. The van der Waals surface area contributed by atoms with E-state index in [1.165, 1.54) is 18.2 Å². The molecule has 0 spiro atoms. The first-order valence-corrected chi connectivity index (χ1v) is 5.39. The molecule has 3 N–H and O–H groups in total. The molecule has 0 saturated carbocycles. The maximum absolute atomic E-state index is 11.4. The van der Waals surface area contributed by atoms with Gasteiger partial charge in [0.05, 0.1) is 23.7 Å². The van der Waals surface area contributed by atoms with Gasteiger partial charge in [0.1, 0.15) is 0 Å². The van der Waals surface area contributed by atoms with Crippen molar-refractivity contribution in [2.24, 2.45) is 0 Å². The molecule has 0 heterocycles. The number of carbonyl (C=O) groups is 2. The molecule has 0 aliphatic rings. The third kappa shape index (κ3) is 4.09. The Morgan fingerprint density at radius 2 is 2.17 bits per heavy atom. The Morgan fingerprint density at radius 3 is 2.72 bits per heavy atom. The quantitative estimate of drug-likeness (QED) is 0.553. The Hall–Kier alpha value is -2.03. The van der Waals surface area contributed by atoms with Gasteiger partial charge in [0.15, 0.2) is 0 Å². The maximum Gasteiger partial charge on any atom is 0.337 e. The Balaban J connectivity index is 2.64. The van der Waals surface area contributed by atoms with Crippen LogP contribution in [0.25, 0.3) is 0 Å². The van der Waals surface area contributed by atoms with Crippen LogP contribution in [0.15, 0.2) is 18.2 Å². The smallest absolute Gasteiger partial charge is 0.337 e. The van der Waals surface area contributed by atoms with Gasteiger partial charge < -0.3 is 10.4 Å². The van der Waals surface area contributed by atoms with Gasteiger partial charge in [0.25, 0.3) is 0 Å². The zero-order chi connectivity index (χ0) is 13.5. The molecular weight excluding hydrogens is 256 g/mol. The van der Waals surface area contributed by atoms with E-state index in [1.807, 2.05) is 0 Å². The van der Waals surface area contributed by atoms with Crippen molar-refractivity contribution in [1.82, 2.24) is 5.32 Å². The summed E-state index contributed by atoms with van der Waals surface area (Å²) >= 11 is 5.76. The van der Waals surface area contributed by atoms with E-state index in [1.54, 1.807) is 0 Å². The van der Waals surface area contributed by atoms with Gasteiger partial charge in [0.2, 0.25) is 5.91 Å². The SMILES string of the molecule is C#CCNCC(=O)Nc1ccc(C(=O)O)c(Cl)c1. The molecule has 1 aromatic rings. The van der Waals surface area contributed by atoms with Gasteiger partial charge in [-0.3, -0.25) is 10.1 Å². The second kappa shape index (κ2) is 6.64. The molecule has 0 aromatic heterocycles. The number of halogens is 1. The highest BCUT2D eigenvalue weighted by molar-refractivity contribution is 6.33. The van der Waals surface area contributed by atoms with E-state index < -0.39 is 5.97 Å². The summed E-state index contributed by atoms with van der Waals surface area (Å²) in [5.41, 5.74) is 0.414. The fraction of sp³-hybridized carbons (Fsp3) is 0.167. The van der Waals surface area contributed by atoms with Gasteiger partial charge >= 0.3 is 5.97 Å². The lowest BCUT2D eigenvalue weighted by molar-refractivity contribution is -0.115. The van der Waals surface area contributed by atoms with Crippen molar-refractivity contribution in [3.05, 3.63) is 28.8 Å². The Bertz CT molecular complexity index is 509. The molecule has 0 unspecified atom stereocenters. The van der Waals surface area contributed by atoms with Crippen LogP contribution in [0, 0.1) is 12.3 Å². The molecule has 0 saturated heterocycles. The number of benzene rings is 1. The third-order valence-electron chi connectivity index (χ3n) is 2.00. The first kappa shape index (κ1) is 14.0. The van der Waals surface area contributed by atoms with Gasteiger partial charge in [-0.25, -0.2) is 4.79 Å². The topological polar surface area (TPSA) is 78.4 Å². The standard InChI is InChI=1S/C12H11ClN2O3/c1-2-5-14-7-11(16)15-8-3-4-9(12(17)18)10(13)6-8/h1,3-4,6,14H,5,7H2,(H,15,16)(H,17,18). The van der Waals surface area contributed by atoms with E-state index >= 15 is 0 Å². The minimum absolute atomic E-state index is 0.0138. The van der Waals surface area contributed by atoms with E-state index in [0.717, 1.165) is 0 Å². The molecule has 0 atom stereocenters. The second-order valence-corrected chi connectivity index (χ2v) is 3.76. The van der Waals surface area contributed by atoms with Crippen LogP contribution in [-0.4, -0.2) is 30.1 Å². The first-order valence-electron chi connectivity index (χ1n) is 5.01. The highest BCUT2D eigenvalue weighted by atomic mass is 35.5. The monoisotopic (exact) mass is 266 g/mol.